The zero-order valence-electron chi connectivity index (χ0n) is 6.90. The minimum absolute atomic E-state index is 0.272. The van der Waals surface area contributed by atoms with Crippen LogP contribution in [0.4, 0.5) is 0 Å². The van der Waals surface area contributed by atoms with Gasteiger partial charge < -0.3 is 10.6 Å². The summed E-state index contributed by atoms with van der Waals surface area (Å²) in [5.41, 5.74) is 9.96. The van der Waals surface area contributed by atoms with E-state index < -0.39 is 0 Å². The molecule has 0 saturated carbocycles. The fourth-order valence-corrected chi connectivity index (χ4v) is 1.15. The molecule has 2 rings (SSSR count). The van der Waals surface area contributed by atoms with Gasteiger partial charge in [-0.15, -0.1) is 0 Å². The third-order valence-corrected chi connectivity index (χ3v) is 1.73. The first-order valence-corrected chi connectivity index (χ1v) is 3.82. The van der Waals surface area contributed by atoms with Crippen LogP contribution in [-0.4, -0.2) is 5.28 Å². The third kappa shape index (κ3) is 1.42. The van der Waals surface area contributed by atoms with Crippen molar-refractivity contribution in [3.8, 4) is 0 Å². The molecule has 0 radical (unpaired) electrons. The first-order chi connectivity index (χ1) is 6.27. The SMILES string of the molecule is NC1=C(c2ccccc2)NN(N)O1. The number of rotatable bonds is 1. The van der Waals surface area contributed by atoms with Crippen molar-refractivity contribution in [3.05, 3.63) is 41.8 Å². The Balaban J connectivity index is 2.33. The van der Waals surface area contributed by atoms with Crippen molar-refractivity contribution in [2.45, 2.75) is 0 Å². The van der Waals surface area contributed by atoms with E-state index in [1.807, 2.05) is 30.3 Å². The van der Waals surface area contributed by atoms with E-state index in [9.17, 15) is 0 Å². The lowest BCUT2D eigenvalue weighted by molar-refractivity contribution is -0.129. The zero-order valence-corrected chi connectivity index (χ0v) is 6.90. The quantitative estimate of drug-likeness (QED) is 0.523. The summed E-state index contributed by atoms with van der Waals surface area (Å²) in [7, 11) is 0. The molecule has 13 heavy (non-hydrogen) atoms. The van der Waals surface area contributed by atoms with Crippen LogP contribution in [0.25, 0.3) is 5.70 Å². The molecule has 0 aliphatic carbocycles. The molecular weight excluding hydrogens is 168 g/mol. The van der Waals surface area contributed by atoms with E-state index in [1.54, 1.807) is 0 Å². The van der Waals surface area contributed by atoms with Crippen LogP contribution in [-0.2, 0) is 4.84 Å². The summed E-state index contributed by atoms with van der Waals surface area (Å²) in [4.78, 5) is 4.89. The first-order valence-electron chi connectivity index (χ1n) is 3.82. The van der Waals surface area contributed by atoms with E-state index in [1.165, 1.54) is 0 Å². The van der Waals surface area contributed by atoms with Gasteiger partial charge in [-0.2, -0.15) is 0 Å². The van der Waals surface area contributed by atoms with Crippen molar-refractivity contribution in [1.29, 1.82) is 0 Å². The Morgan fingerprint density at radius 2 is 1.92 bits per heavy atom. The van der Waals surface area contributed by atoms with Crippen molar-refractivity contribution in [2.75, 3.05) is 0 Å². The molecule has 1 aliphatic heterocycles. The van der Waals surface area contributed by atoms with E-state index >= 15 is 0 Å². The van der Waals surface area contributed by atoms with Gasteiger partial charge in [0.15, 0.2) is 0 Å². The number of hydrazine groups is 2. The second-order valence-corrected chi connectivity index (χ2v) is 2.63. The summed E-state index contributed by atoms with van der Waals surface area (Å²) in [6.07, 6.45) is 0. The summed E-state index contributed by atoms with van der Waals surface area (Å²) in [5.74, 6) is 5.60. The lowest BCUT2D eigenvalue weighted by Gasteiger charge is -2.06. The Bertz CT molecular complexity index is 335. The number of nitrogens with one attached hydrogen (secondary N) is 1. The van der Waals surface area contributed by atoms with Gasteiger partial charge in [-0.1, -0.05) is 30.3 Å². The van der Waals surface area contributed by atoms with Gasteiger partial charge in [-0.3, -0.25) is 5.43 Å². The van der Waals surface area contributed by atoms with Gasteiger partial charge in [0.05, 0.1) is 0 Å². The third-order valence-electron chi connectivity index (χ3n) is 1.73. The maximum absolute atomic E-state index is 5.57. The predicted molar refractivity (Wildman–Crippen MR) is 47.8 cm³/mol. The monoisotopic (exact) mass is 178 g/mol. The van der Waals surface area contributed by atoms with Gasteiger partial charge in [0, 0.05) is 10.8 Å². The molecule has 0 fully saturated rings. The van der Waals surface area contributed by atoms with Crippen molar-refractivity contribution in [1.82, 2.24) is 10.7 Å². The van der Waals surface area contributed by atoms with Crippen molar-refractivity contribution >= 4 is 5.70 Å². The van der Waals surface area contributed by atoms with Crippen molar-refractivity contribution in [2.24, 2.45) is 11.6 Å². The van der Waals surface area contributed by atoms with Crippen LogP contribution in [0.3, 0.4) is 0 Å². The van der Waals surface area contributed by atoms with Crippen molar-refractivity contribution < 1.29 is 4.84 Å². The second-order valence-electron chi connectivity index (χ2n) is 2.63. The highest BCUT2D eigenvalue weighted by molar-refractivity contribution is 5.65. The molecule has 0 saturated heterocycles. The molecule has 1 aromatic rings. The summed E-state index contributed by atoms with van der Waals surface area (Å²) in [5, 5.41) is 0.970. The molecule has 0 spiro atoms. The second kappa shape index (κ2) is 2.96. The fourth-order valence-electron chi connectivity index (χ4n) is 1.15. The van der Waals surface area contributed by atoms with Gasteiger partial charge in [0.1, 0.15) is 5.70 Å². The maximum atomic E-state index is 5.57. The highest BCUT2D eigenvalue weighted by atomic mass is 16.8. The largest absolute Gasteiger partial charge is 0.366 e. The van der Waals surface area contributed by atoms with Crippen LogP contribution in [0.5, 0.6) is 0 Å². The molecule has 0 unspecified atom stereocenters. The molecule has 0 aromatic heterocycles. The molecule has 0 atom stereocenters. The lowest BCUT2D eigenvalue weighted by atomic mass is 10.2. The van der Waals surface area contributed by atoms with E-state index in [0.717, 1.165) is 10.8 Å². The number of hydrogen-bond acceptors (Lipinski definition) is 5. The maximum Gasteiger partial charge on any atom is 0.239 e. The molecule has 1 heterocycles. The van der Waals surface area contributed by atoms with E-state index in [0.29, 0.717) is 5.70 Å². The Labute approximate surface area is 75.5 Å². The minimum Gasteiger partial charge on any atom is -0.366 e. The molecule has 1 aliphatic rings. The smallest absolute Gasteiger partial charge is 0.239 e. The van der Waals surface area contributed by atoms with E-state index in [4.69, 9.17) is 16.4 Å². The molecule has 0 bridgehead atoms. The van der Waals surface area contributed by atoms with Gasteiger partial charge in [-0.25, -0.2) is 5.84 Å². The summed E-state index contributed by atoms with van der Waals surface area (Å²) in [6, 6.07) is 9.58. The van der Waals surface area contributed by atoms with Crippen LogP contribution in [0, 0.1) is 0 Å². The highest BCUT2D eigenvalue weighted by Crippen LogP contribution is 2.18. The average Bonchev–Trinajstić information content (AvgIpc) is 2.47. The van der Waals surface area contributed by atoms with Gasteiger partial charge in [0.25, 0.3) is 0 Å². The van der Waals surface area contributed by atoms with E-state index in [-0.39, 0.29) is 5.88 Å². The Morgan fingerprint density at radius 3 is 2.46 bits per heavy atom. The minimum atomic E-state index is 0.272. The molecule has 5 heteroatoms. The number of nitrogens with zero attached hydrogens (tertiary/aromatic N) is 1. The molecular formula is C8H10N4O. The molecule has 0 amide bonds. The van der Waals surface area contributed by atoms with Crippen LogP contribution in [0.15, 0.2) is 36.2 Å². The lowest BCUT2D eigenvalue weighted by Crippen LogP contribution is -2.36. The molecule has 5 N–H and O–H groups in total. The summed E-state index contributed by atoms with van der Waals surface area (Å²) < 4.78 is 0. The first kappa shape index (κ1) is 7.90. The normalized spacial score (nSPS) is 17.0. The Morgan fingerprint density at radius 1 is 1.23 bits per heavy atom. The van der Waals surface area contributed by atoms with Crippen LogP contribution in [0.2, 0.25) is 0 Å². The van der Waals surface area contributed by atoms with Crippen LogP contribution in [0.1, 0.15) is 5.56 Å². The summed E-state index contributed by atoms with van der Waals surface area (Å²) >= 11 is 0. The molecule has 1 aromatic carbocycles. The van der Waals surface area contributed by atoms with Crippen LogP contribution >= 0.6 is 0 Å². The van der Waals surface area contributed by atoms with E-state index in [2.05, 4.69) is 5.43 Å². The van der Waals surface area contributed by atoms with Gasteiger partial charge in [0.2, 0.25) is 5.88 Å². The van der Waals surface area contributed by atoms with Crippen molar-refractivity contribution in [3.63, 3.8) is 0 Å². The standard InChI is InChI=1S/C8H10N4O/c9-8-7(11-12(10)13-8)6-4-2-1-3-5-6/h1-5,11H,9-10H2. The number of nitrogens with two attached hydrogens (primary N) is 2. The van der Waals surface area contributed by atoms with Gasteiger partial charge in [-0.05, 0) is 0 Å². The summed E-state index contributed by atoms with van der Waals surface area (Å²) in [6.45, 7) is 0. The highest BCUT2D eigenvalue weighted by Gasteiger charge is 2.19. The number of hydrogen-bond donors (Lipinski definition) is 3. The fraction of sp³-hybridized carbons (Fsp3) is 0. The average molecular weight is 178 g/mol. The predicted octanol–water partition coefficient (Wildman–Crippen LogP) is -0.103. The van der Waals surface area contributed by atoms with Gasteiger partial charge >= 0.3 is 0 Å². The Hall–Kier alpha value is -1.72. The number of benzene rings is 1. The topological polar surface area (TPSA) is 76.5 Å². The Kier molecular flexibility index (Phi) is 1.80. The molecule has 5 nitrogen and oxygen atoms in total. The zero-order chi connectivity index (χ0) is 9.26. The van der Waals surface area contributed by atoms with Crippen LogP contribution < -0.4 is 17.0 Å². The molecule has 68 valence electrons.